The number of halogens is 4. The van der Waals surface area contributed by atoms with Crippen LogP contribution in [0.25, 0.3) is 10.2 Å². The van der Waals surface area contributed by atoms with Crippen molar-refractivity contribution in [3.63, 3.8) is 0 Å². The topological polar surface area (TPSA) is 57.7 Å². The lowest BCUT2D eigenvalue weighted by Crippen LogP contribution is -2.48. The number of amides is 1. The minimum absolute atomic E-state index is 0.000937. The molecule has 6 nitrogen and oxygen atoms in total. The molecular formula is C22H22ClF3N4O2S. The Kier molecular flexibility index (Phi) is 6.96. The summed E-state index contributed by atoms with van der Waals surface area (Å²) in [4.78, 5) is 21.4. The molecule has 4 rings (SSSR count). The number of carbonyl (C=O) groups excluding carboxylic acids is 1. The number of hydrogen-bond donors (Lipinski definition) is 1. The average Bonchev–Trinajstić information content (AvgIpc) is 3.23. The van der Waals surface area contributed by atoms with Crippen LogP contribution in [0.15, 0.2) is 36.4 Å². The lowest BCUT2D eigenvalue weighted by molar-refractivity contribution is -0.137. The van der Waals surface area contributed by atoms with Crippen LogP contribution in [0.1, 0.15) is 15.9 Å². The van der Waals surface area contributed by atoms with Crippen LogP contribution in [0, 0.1) is 0 Å². The quantitative estimate of drug-likeness (QED) is 0.541. The van der Waals surface area contributed by atoms with Gasteiger partial charge in [0.25, 0.3) is 5.91 Å². The fourth-order valence-electron chi connectivity index (χ4n) is 3.69. The Morgan fingerprint density at radius 1 is 1.21 bits per heavy atom. The van der Waals surface area contributed by atoms with Gasteiger partial charge in [0.2, 0.25) is 0 Å². The molecule has 1 fully saturated rings. The van der Waals surface area contributed by atoms with Crippen molar-refractivity contribution in [1.29, 1.82) is 0 Å². The molecule has 0 spiro atoms. The van der Waals surface area contributed by atoms with Crippen molar-refractivity contribution in [1.82, 2.24) is 15.2 Å². The Balaban J connectivity index is 1.28. The van der Waals surface area contributed by atoms with Gasteiger partial charge < -0.3 is 15.0 Å². The highest BCUT2D eigenvalue weighted by Crippen LogP contribution is 2.38. The van der Waals surface area contributed by atoms with Crippen LogP contribution in [-0.4, -0.2) is 62.2 Å². The minimum atomic E-state index is -4.48. The highest BCUT2D eigenvalue weighted by atomic mass is 35.5. The van der Waals surface area contributed by atoms with Gasteiger partial charge in [-0.3, -0.25) is 9.69 Å². The predicted molar refractivity (Wildman–Crippen MR) is 124 cm³/mol. The molecule has 0 atom stereocenters. The van der Waals surface area contributed by atoms with Crippen LogP contribution in [0.2, 0.25) is 5.02 Å². The fourth-order valence-corrected chi connectivity index (χ4v) is 4.94. The number of nitrogens with zero attached hydrogens (tertiary/aromatic N) is 3. The summed E-state index contributed by atoms with van der Waals surface area (Å²) in [6.07, 6.45) is -4.48. The molecule has 33 heavy (non-hydrogen) atoms. The van der Waals surface area contributed by atoms with Crippen LogP contribution >= 0.6 is 22.9 Å². The Labute approximate surface area is 197 Å². The minimum Gasteiger partial charge on any atom is -0.493 e. The van der Waals surface area contributed by atoms with E-state index in [9.17, 15) is 18.0 Å². The summed E-state index contributed by atoms with van der Waals surface area (Å²) >= 11 is 7.78. The molecule has 1 aliphatic rings. The summed E-state index contributed by atoms with van der Waals surface area (Å²) in [7, 11) is 1.57. The zero-order valence-corrected chi connectivity index (χ0v) is 19.4. The van der Waals surface area contributed by atoms with Crippen LogP contribution in [0.3, 0.4) is 0 Å². The number of anilines is 1. The summed E-state index contributed by atoms with van der Waals surface area (Å²) in [5.74, 6) is 0.0636. The van der Waals surface area contributed by atoms with Gasteiger partial charge in [0.15, 0.2) is 10.9 Å². The van der Waals surface area contributed by atoms with Crippen molar-refractivity contribution < 1.29 is 22.7 Å². The van der Waals surface area contributed by atoms with Gasteiger partial charge in [0.1, 0.15) is 5.52 Å². The largest absolute Gasteiger partial charge is 0.493 e. The molecule has 1 saturated heterocycles. The van der Waals surface area contributed by atoms with Crippen molar-refractivity contribution in [2.24, 2.45) is 0 Å². The number of benzene rings is 2. The van der Waals surface area contributed by atoms with Crippen molar-refractivity contribution in [3.8, 4) is 5.75 Å². The zero-order chi connectivity index (χ0) is 23.6. The van der Waals surface area contributed by atoms with E-state index in [4.69, 9.17) is 21.3 Å². The number of rotatable bonds is 6. The molecule has 0 bridgehead atoms. The predicted octanol–water partition coefficient (Wildman–Crippen LogP) is 4.53. The number of thiazole rings is 1. The van der Waals surface area contributed by atoms with Crippen molar-refractivity contribution in [3.05, 3.63) is 52.5 Å². The lowest BCUT2D eigenvalue weighted by Gasteiger charge is -2.34. The summed E-state index contributed by atoms with van der Waals surface area (Å²) in [6, 6.07) is 8.17. The Morgan fingerprint density at radius 3 is 2.67 bits per heavy atom. The molecular weight excluding hydrogens is 477 g/mol. The van der Waals surface area contributed by atoms with E-state index in [0.29, 0.717) is 23.9 Å². The maximum absolute atomic E-state index is 12.8. The van der Waals surface area contributed by atoms with Crippen molar-refractivity contribution >= 4 is 44.2 Å². The monoisotopic (exact) mass is 498 g/mol. The summed E-state index contributed by atoms with van der Waals surface area (Å²) in [5, 5.41) is 4.14. The van der Waals surface area contributed by atoms with Crippen molar-refractivity contribution in [2.75, 3.05) is 51.3 Å². The van der Waals surface area contributed by atoms with E-state index in [2.05, 4.69) is 15.1 Å². The first kappa shape index (κ1) is 23.6. The maximum atomic E-state index is 12.8. The molecule has 2 aromatic carbocycles. The normalized spacial score (nSPS) is 15.1. The molecule has 0 aliphatic carbocycles. The molecule has 0 radical (unpaired) electrons. The number of aromatic nitrogens is 1. The average molecular weight is 499 g/mol. The molecule has 1 N–H and O–H groups in total. The first-order valence-electron chi connectivity index (χ1n) is 10.3. The molecule has 1 aliphatic heterocycles. The van der Waals surface area contributed by atoms with Crippen LogP contribution in [-0.2, 0) is 6.18 Å². The van der Waals surface area contributed by atoms with E-state index in [1.165, 1.54) is 12.1 Å². The second-order valence-electron chi connectivity index (χ2n) is 7.59. The number of fused-ring (bicyclic) bond motifs is 1. The molecule has 0 unspecified atom stereocenters. The Hall–Kier alpha value is -2.56. The number of nitrogens with one attached hydrogen (secondary N) is 1. The fraction of sp³-hybridized carbons (Fsp3) is 0.364. The van der Waals surface area contributed by atoms with Crippen LogP contribution in [0.5, 0.6) is 5.75 Å². The first-order valence-corrected chi connectivity index (χ1v) is 11.5. The number of hydrogen-bond acceptors (Lipinski definition) is 6. The van der Waals surface area contributed by atoms with Gasteiger partial charge >= 0.3 is 6.18 Å². The van der Waals surface area contributed by atoms with Gasteiger partial charge in [-0.25, -0.2) is 4.98 Å². The third-order valence-corrected chi connectivity index (χ3v) is 6.85. The number of methoxy groups -OCH3 is 1. The van der Waals surface area contributed by atoms with E-state index >= 15 is 0 Å². The summed E-state index contributed by atoms with van der Waals surface area (Å²) in [5.41, 5.74) is -0.0771. The summed E-state index contributed by atoms with van der Waals surface area (Å²) < 4.78 is 44.9. The molecule has 176 valence electrons. The van der Waals surface area contributed by atoms with Gasteiger partial charge in [0, 0.05) is 44.8 Å². The molecule has 1 amide bonds. The molecule has 1 aromatic heterocycles. The second-order valence-corrected chi connectivity index (χ2v) is 9.00. The van der Waals surface area contributed by atoms with Gasteiger partial charge in [-0.2, -0.15) is 13.2 Å². The van der Waals surface area contributed by atoms with Gasteiger partial charge in [0.05, 0.1) is 22.4 Å². The SMILES string of the molecule is COc1c(Cl)ccc2sc(N3CCN(CCNC(=O)c4cccc(C(F)(F)F)c4)CC3)nc12. The van der Waals surface area contributed by atoms with Crippen LogP contribution in [0.4, 0.5) is 18.3 Å². The number of ether oxygens (including phenoxy) is 1. The molecule has 3 aromatic rings. The number of alkyl halides is 3. The third kappa shape index (κ3) is 5.34. The van der Waals surface area contributed by atoms with E-state index in [1.54, 1.807) is 24.5 Å². The first-order chi connectivity index (χ1) is 15.8. The maximum Gasteiger partial charge on any atom is 0.416 e. The zero-order valence-electron chi connectivity index (χ0n) is 17.8. The van der Waals surface area contributed by atoms with Crippen LogP contribution < -0.4 is 15.0 Å². The van der Waals surface area contributed by atoms with E-state index in [1.807, 2.05) is 6.07 Å². The summed E-state index contributed by atoms with van der Waals surface area (Å²) in [6.45, 7) is 4.09. The molecule has 2 heterocycles. The molecule has 11 heteroatoms. The smallest absolute Gasteiger partial charge is 0.416 e. The standard InChI is InChI=1S/C22H22ClF3N4O2S/c1-32-19-16(23)5-6-17-18(19)28-21(33-17)30-11-9-29(10-12-30)8-7-27-20(31)14-3-2-4-15(13-14)22(24,25)26/h2-6,13H,7-12H2,1H3,(H,27,31). The highest BCUT2D eigenvalue weighted by molar-refractivity contribution is 7.22. The second kappa shape index (κ2) is 9.74. The van der Waals surface area contributed by atoms with Gasteiger partial charge in [-0.05, 0) is 30.3 Å². The van der Waals surface area contributed by atoms with Crippen molar-refractivity contribution in [2.45, 2.75) is 6.18 Å². The third-order valence-electron chi connectivity index (χ3n) is 5.47. The lowest BCUT2D eigenvalue weighted by atomic mass is 10.1. The van der Waals surface area contributed by atoms with E-state index in [0.717, 1.165) is 53.7 Å². The highest BCUT2D eigenvalue weighted by Gasteiger charge is 2.31. The van der Waals surface area contributed by atoms with Gasteiger partial charge in [-0.1, -0.05) is 29.0 Å². The van der Waals surface area contributed by atoms with Gasteiger partial charge in [-0.15, -0.1) is 0 Å². The van der Waals surface area contributed by atoms with E-state index < -0.39 is 17.6 Å². The Bertz CT molecular complexity index is 1150. The van der Waals surface area contributed by atoms with E-state index in [-0.39, 0.29) is 5.56 Å². The number of piperazine rings is 1. The number of carbonyl (C=O) groups is 1. The Morgan fingerprint density at radius 2 is 1.97 bits per heavy atom. The molecule has 0 saturated carbocycles.